The highest BCUT2D eigenvalue weighted by atomic mass is 35.5. The van der Waals surface area contributed by atoms with Crippen LogP contribution in [0.2, 0.25) is 10.0 Å². The molecule has 0 saturated carbocycles. The molecule has 2 N–H and O–H groups in total. The molecule has 11 heteroatoms. The third-order valence-corrected chi connectivity index (χ3v) is 3.66. The number of hydrogen-bond donors (Lipinski definition) is 2. The largest absolute Gasteiger partial charge is 0.494 e. The number of nitrogens with zero attached hydrogens (tertiary/aromatic N) is 4. The van der Waals surface area contributed by atoms with E-state index in [-0.39, 0.29) is 26.7 Å². The molecule has 0 aliphatic heterocycles. The van der Waals surface area contributed by atoms with Gasteiger partial charge in [-0.15, -0.1) is 5.10 Å². The van der Waals surface area contributed by atoms with E-state index in [0.29, 0.717) is 18.2 Å². The molecule has 0 fully saturated rings. The van der Waals surface area contributed by atoms with Crippen molar-refractivity contribution in [1.82, 2.24) is 25.5 Å². The lowest BCUT2D eigenvalue weighted by Gasteiger charge is -2.10. The average Bonchev–Trinajstić information content (AvgIpc) is 2.92. The Hall–Kier alpha value is -1.97. The molecule has 134 valence electrons. The Morgan fingerprint density at radius 1 is 1.36 bits per heavy atom. The third-order valence-electron chi connectivity index (χ3n) is 2.90. The summed E-state index contributed by atoms with van der Waals surface area (Å²) in [5.41, 5.74) is 0.233. The minimum absolute atomic E-state index is 0.0251. The monoisotopic (exact) mass is 402 g/mol. The van der Waals surface area contributed by atoms with Gasteiger partial charge >= 0.3 is 0 Å². The van der Waals surface area contributed by atoms with E-state index in [1.54, 1.807) is 0 Å². The minimum atomic E-state index is -0.487. The Bertz CT molecular complexity index is 772. The van der Waals surface area contributed by atoms with Crippen molar-refractivity contribution in [1.29, 1.82) is 0 Å². The summed E-state index contributed by atoms with van der Waals surface area (Å²) in [7, 11) is 1.44. The first-order chi connectivity index (χ1) is 11.8. The van der Waals surface area contributed by atoms with E-state index in [9.17, 15) is 4.79 Å². The summed E-state index contributed by atoms with van der Waals surface area (Å²) >= 11 is 17.1. The lowest BCUT2D eigenvalue weighted by Crippen LogP contribution is -2.34. The fourth-order valence-electron chi connectivity index (χ4n) is 1.89. The quantitative estimate of drug-likeness (QED) is 0.742. The second kappa shape index (κ2) is 8.41. The summed E-state index contributed by atoms with van der Waals surface area (Å²) in [5, 5.41) is 17.5. The van der Waals surface area contributed by atoms with Crippen LogP contribution >= 0.6 is 35.4 Å². The number of halogens is 2. The number of carbonyl (C=O) groups is 1. The first kappa shape index (κ1) is 19.4. The maximum absolute atomic E-state index is 12.2. The molecular formula is C14H16Cl2N6O2S. The predicted octanol–water partition coefficient (Wildman–Crippen LogP) is 2.77. The van der Waals surface area contributed by atoms with Crippen molar-refractivity contribution >= 4 is 52.4 Å². The Morgan fingerprint density at radius 3 is 2.56 bits per heavy atom. The van der Waals surface area contributed by atoms with Gasteiger partial charge in [-0.05, 0) is 35.5 Å². The van der Waals surface area contributed by atoms with Crippen LogP contribution in [0.15, 0.2) is 12.1 Å². The van der Waals surface area contributed by atoms with E-state index in [1.165, 1.54) is 24.0 Å². The highest BCUT2D eigenvalue weighted by molar-refractivity contribution is 7.80. The number of amides is 1. The molecule has 2 aromatic rings. The molecule has 1 aromatic carbocycles. The molecule has 1 amide bonds. The third kappa shape index (κ3) is 5.25. The van der Waals surface area contributed by atoms with Gasteiger partial charge in [-0.3, -0.25) is 15.4 Å². The van der Waals surface area contributed by atoms with E-state index >= 15 is 0 Å². The van der Waals surface area contributed by atoms with E-state index in [2.05, 4.69) is 26.0 Å². The van der Waals surface area contributed by atoms with Crippen molar-refractivity contribution in [2.24, 2.45) is 5.92 Å². The first-order valence-electron chi connectivity index (χ1n) is 7.23. The number of hydrogen-bond acceptors (Lipinski definition) is 6. The van der Waals surface area contributed by atoms with Crippen LogP contribution in [0.5, 0.6) is 5.75 Å². The molecule has 0 atom stereocenters. The van der Waals surface area contributed by atoms with Crippen molar-refractivity contribution in [3.63, 3.8) is 0 Å². The van der Waals surface area contributed by atoms with Crippen LogP contribution in [-0.4, -0.2) is 38.3 Å². The average molecular weight is 403 g/mol. The van der Waals surface area contributed by atoms with E-state index < -0.39 is 5.91 Å². The number of benzene rings is 1. The number of tetrazole rings is 1. The Balaban J connectivity index is 2.00. The molecule has 2 rings (SSSR count). The maximum Gasteiger partial charge on any atom is 0.269 e. The van der Waals surface area contributed by atoms with Gasteiger partial charge in [0.05, 0.1) is 23.7 Å². The zero-order chi connectivity index (χ0) is 18.6. The van der Waals surface area contributed by atoms with Gasteiger partial charge in [0.25, 0.3) is 11.9 Å². The lowest BCUT2D eigenvalue weighted by molar-refractivity contribution is 0.0977. The zero-order valence-electron chi connectivity index (χ0n) is 13.7. The molecule has 0 saturated heterocycles. The number of rotatable bonds is 5. The van der Waals surface area contributed by atoms with Gasteiger partial charge in [-0.1, -0.05) is 42.1 Å². The van der Waals surface area contributed by atoms with Crippen LogP contribution < -0.4 is 15.4 Å². The molecule has 0 unspecified atom stereocenters. The molecule has 0 radical (unpaired) electrons. The van der Waals surface area contributed by atoms with Gasteiger partial charge in [0.15, 0.2) is 10.9 Å². The minimum Gasteiger partial charge on any atom is -0.494 e. The summed E-state index contributed by atoms with van der Waals surface area (Å²) in [6, 6.07) is 2.86. The van der Waals surface area contributed by atoms with Crippen LogP contribution in [0, 0.1) is 5.92 Å². The SMILES string of the molecule is COc1c(Cl)cc(C(=O)NC(=S)Nc2nnn(CC(C)C)n2)cc1Cl. The zero-order valence-corrected chi connectivity index (χ0v) is 16.0. The lowest BCUT2D eigenvalue weighted by atomic mass is 10.2. The van der Waals surface area contributed by atoms with Crippen LogP contribution in [0.1, 0.15) is 24.2 Å². The van der Waals surface area contributed by atoms with Crippen LogP contribution in [0.4, 0.5) is 5.95 Å². The van der Waals surface area contributed by atoms with E-state index in [0.717, 1.165) is 0 Å². The van der Waals surface area contributed by atoms with Crippen molar-refractivity contribution in [2.75, 3.05) is 12.4 Å². The van der Waals surface area contributed by atoms with Crippen LogP contribution in [-0.2, 0) is 6.54 Å². The molecular weight excluding hydrogens is 387 g/mol. The van der Waals surface area contributed by atoms with E-state index in [4.69, 9.17) is 40.2 Å². The number of ether oxygens (including phenoxy) is 1. The molecule has 1 aromatic heterocycles. The van der Waals surface area contributed by atoms with Gasteiger partial charge in [-0.25, -0.2) is 0 Å². The number of nitrogens with one attached hydrogen (secondary N) is 2. The van der Waals surface area contributed by atoms with Gasteiger partial charge in [0, 0.05) is 5.56 Å². The van der Waals surface area contributed by atoms with E-state index in [1.807, 2.05) is 13.8 Å². The predicted molar refractivity (Wildman–Crippen MR) is 99.4 cm³/mol. The Kier molecular flexibility index (Phi) is 6.51. The highest BCUT2D eigenvalue weighted by Crippen LogP contribution is 2.33. The molecule has 0 bridgehead atoms. The number of methoxy groups -OCH3 is 1. The summed E-state index contributed by atoms with van der Waals surface area (Å²) in [5.74, 6) is 0.375. The standard InChI is InChI=1S/C14H16Cl2N6O2S/c1-7(2)6-22-20-13(19-21-22)18-14(25)17-12(23)8-4-9(15)11(24-3)10(16)5-8/h4-5,7H,6H2,1-3H3,(H2,17,18,20,23,25). The Labute approximate surface area is 159 Å². The summed E-state index contributed by atoms with van der Waals surface area (Å²) in [4.78, 5) is 13.7. The van der Waals surface area contributed by atoms with Crippen molar-refractivity contribution in [3.05, 3.63) is 27.7 Å². The fraction of sp³-hybridized carbons (Fsp3) is 0.357. The number of carbonyl (C=O) groups excluding carboxylic acids is 1. The number of anilines is 1. The van der Waals surface area contributed by atoms with Crippen LogP contribution in [0.25, 0.3) is 0 Å². The molecule has 0 spiro atoms. The normalized spacial score (nSPS) is 10.6. The van der Waals surface area contributed by atoms with Crippen molar-refractivity contribution in [3.8, 4) is 5.75 Å². The molecule has 8 nitrogen and oxygen atoms in total. The molecule has 1 heterocycles. The second-order valence-electron chi connectivity index (χ2n) is 5.44. The van der Waals surface area contributed by atoms with Gasteiger partial charge < -0.3 is 4.74 Å². The number of aromatic nitrogens is 4. The second-order valence-corrected chi connectivity index (χ2v) is 6.67. The van der Waals surface area contributed by atoms with Gasteiger partial charge in [0.2, 0.25) is 0 Å². The molecule has 0 aliphatic carbocycles. The van der Waals surface area contributed by atoms with Crippen molar-refractivity contribution in [2.45, 2.75) is 20.4 Å². The topological polar surface area (TPSA) is 94.0 Å². The summed E-state index contributed by atoms with van der Waals surface area (Å²) in [6.07, 6.45) is 0. The van der Waals surface area contributed by atoms with Gasteiger partial charge in [-0.2, -0.15) is 4.80 Å². The highest BCUT2D eigenvalue weighted by Gasteiger charge is 2.15. The first-order valence-corrected chi connectivity index (χ1v) is 8.39. The summed E-state index contributed by atoms with van der Waals surface area (Å²) in [6.45, 7) is 4.69. The Morgan fingerprint density at radius 2 is 2.00 bits per heavy atom. The van der Waals surface area contributed by atoms with Gasteiger partial charge in [0.1, 0.15) is 0 Å². The van der Waals surface area contributed by atoms with Crippen molar-refractivity contribution < 1.29 is 9.53 Å². The van der Waals surface area contributed by atoms with Crippen LogP contribution in [0.3, 0.4) is 0 Å². The summed E-state index contributed by atoms with van der Waals surface area (Å²) < 4.78 is 5.04. The number of thiocarbonyl (C=S) groups is 1. The molecule has 0 aliphatic rings. The maximum atomic E-state index is 12.2. The fourth-order valence-corrected chi connectivity index (χ4v) is 2.72. The molecule has 25 heavy (non-hydrogen) atoms. The smallest absolute Gasteiger partial charge is 0.269 e.